The van der Waals surface area contributed by atoms with Crippen molar-refractivity contribution in [2.75, 3.05) is 12.4 Å². The molecule has 0 bridgehead atoms. The molecule has 4 heterocycles. The van der Waals surface area contributed by atoms with Crippen LogP contribution in [0.2, 0.25) is 0 Å². The average molecular weight is 603 g/mol. The summed E-state index contributed by atoms with van der Waals surface area (Å²) in [5.41, 5.74) is 1.80. The Labute approximate surface area is 236 Å². The first-order valence-electron chi connectivity index (χ1n) is 13.6. The second kappa shape index (κ2) is 10.7. The summed E-state index contributed by atoms with van der Waals surface area (Å²) in [5, 5.41) is 12.8. The van der Waals surface area contributed by atoms with Crippen molar-refractivity contribution in [1.82, 2.24) is 9.97 Å². The van der Waals surface area contributed by atoms with Gasteiger partial charge in [0.15, 0.2) is 23.0 Å². The van der Waals surface area contributed by atoms with Crippen molar-refractivity contribution in [3.05, 3.63) is 46.0 Å². The highest BCUT2D eigenvalue weighted by Crippen LogP contribution is 2.48. The van der Waals surface area contributed by atoms with Crippen LogP contribution >= 0.6 is 15.9 Å². The van der Waals surface area contributed by atoms with Crippen LogP contribution in [0.1, 0.15) is 73.7 Å². The van der Waals surface area contributed by atoms with Gasteiger partial charge in [0, 0.05) is 36.0 Å². The molecule has 7 atom stereocenters. The minimum absolute atomic E-state index is 0.0371. The SMILES string of the molecule is CNc1c(Br)cc2oc(C[C@H]3OC4(CC[C@H]3C)OC([C@H](C)C(=O)c3ccc[nH]3)[C@H](C)C[C@H]4C)nc2c1C(=O)O. The molecule has 0 aliphatic carbocycles. The Morgan fingerprint density at radius 3 is 2.72 bits per heavy atom. The van der Waals surface area contributed by atoms with Crippen LogP contribution in [0.3, 0.4) is 0 Å². The molecule has 3 aromatic rings. The van der Waals surface area contributed by atoms with Crippen LogP contribution in [-0.4, -0.2) is 51.9 Å². The molecule has 2 aliphatic rings. The zero-order valence-electron chi connectivity index (χ0n) is 22.9. The first kappa shape index (κ1) is 27.9. The molecule has 3 N–H and O–H groups in total. The van der Waals surface area contributed by atoms with Crippen molar-refractivity contribution in [3.8, 4) is 0 Å². The van der Waals surface area contributed by atoms with Gasteiger partial charge in [-0.25, -0.2) is 9.78 Å². The maximum Gasteiger partial charge on any atom is 0.340 e. The Balaban J connectivity index is 1.40. The van der Waals surface area contributed by atoms with Gasteiger partial charge < -0.3 is 29.3 Å². The number of carboxylic acids is 1. The molecular weight excluding hydrogens is 566 g/mol. The first-order chi connectivity index (χ1) is 18.5. The maximum absolute atomic E-state index is 13.2. The van der Waals surface area contributed by atoms with Gasteiger partial charge in [-0.1, -0.05) is 27.7 Å². The largest absolute Gasteiger partial charge is 0.478 e. The molecule has 0 saturated carbocycles. The summed E-state index contributed by atoms with van der Waals surface area (Å²) in [6.45, 7) is 8.38. The number of oxazole rings is 1. The highest BCUT2D eigenvalue weighted by molar-refractivity contribution is 9.10. The molecule has 10 heteroatoms. The van der Waals surface area contributed by atoms with Crippen molar-refractivity contribution in [2.24, 2.45) is 23.7 Å². The molecule has 1 aromatic carbocycles. The Morgan fingerprint density at radius 2 is 2.05 bits per heavy atom. The molecule has 5 rings (SSSR count). The van der Waals surface area contributed by atoms with Crippen molar-refractivity contribution in [2.45, 2.75) is 71.4 Å². The van der Waals surface area contributed by atoms with Crippen LogP contribution in [0.15, 0.2) is 33.3 Å². The predicted molar refractivity (Wildman–Crippen MR) is 150 cm³/mol. The van der Waals surface area contributed by atoms with E-state index in [9.17, 15) is 14.7 Å². The number of ketones is 1. The topological polar surface area (TPSA) is 127 Å². The number of carbonyl (C=O) groups is 2. The van der Waals surface area contributed by atoms with E-state index in [1.807, 2.05) is 13.0 Å². The number of rotatable bonds is 7. The number of H-pyrrole nitrogens is 1. The summed E-state index contributed by atoms with van der Waals surface area (Å²) < 4.78 is 20.2. The second-order valence-corrected chi connectivity index (χ2v) is 12.1. The van der Waals surface area contributed by atoms with E-state index >= 15 is 0 Å². The number of benzene rings is 1. The summed E-state index contributed by atoms with van der Waals surface area (Å²) in [4.78, 5) is 32.9. The van der Waals surface area contributed by atoms with E-state index < -0.39 is 11.8 Å². The molecule has 2 unspecified atom stereocenters. The van der Waals surface area contributed by atoms with E-state index in [4.69, 9.17) is 13.9 Å². The summed E-state index contributed by atoms with van der Waals surface area (Å²) in [7, 11) is 1.67. The molecule has 2 aromatic heterocycles. The lowest BCUT2D eigenvalue weighted by atomic mass is 9.75. The Hall–Kier alpha value is -2.69. The number of aromatic amines is 1. The van der Waals surface area contributed by atoms with Gasteiger partial charge in [-0.05, 0) is 58.8 Å². The normalized spacial score (nSPS) is 29.9. The van der Waals surface area contributed by atoms with Crippen LogP contribution in [-0.2, 0) is 15.9 Å². The minimum Gasteiger partial charge on any atom is -0.478 e. The highest BCUT2D eigenvalue weighted by atomic mass is 79.9. The van der Waals surface area contributed by atoms with E-state index in [-0.39, 0.29) is 47.2 Å². The molecule has 0 amide bonds. The lowest BCUT2D eigenvalue weighted by Crippen LogP contribution is -2.58. The summed E-state index contributed by atoms with van der Waals surface area (Å²) in [5.74, 6) is -1.19. The number of nitrogens with zero attached hydrogens (tertiary/aromatic N) is 1. The number of halogens is 1. The smallest absolute Gasteiger partial charge is 0.340 e. The van der Waals surface area contributed by atoms with Crippen molar-refractivity contribution < 1.29 is 28.6 Å². The highest BCUT2D eigenvalue weighted by Gasteiger charge is 2.52. The number of ether oxygens (including phenoxy) is 2. The van der Waals surface area contributed by atoms with E-state index in [1.165, 1.54) is 0 Å². The second-order valence-electron chi connectivity index (χ2n) is 11.2. The molecule has 210 valence electrons. The van der Waals surface area contributed by atoms with Crippen molar-refractivity contribution >= 4 is 44.5 Å². The molecule has 9 nitrogen and oxygen atoms in total. The van der Waals surface area contributed by atoms with Gasteiger partial charge in [0.25, 0.3) is 0 Å². The Kier molecular flexibility index (Phi) is 7.65. The minimum atomic E-state index is -1.08. The number of carbonyl (C=O) groups excluding carboxylic acids is 1. The lowest BCUT2D eigenvalue weighted by Gasteiger charge is -2.53. The van der Waals surface area contributed by atoms with E-state index in [0.29, 0.717) is 39.3 Å². The Morgan fingerprint density at radius 1 is 1.28 bits per heavy atom. The summed E-state index contributed by atoms with van der Waals surface area (Å²) >= 11 is 3.43. The number of hydrogen-bond donors (Lipinski definition) is 3. The monoisotopic (exact) mass is 601 g/mol. The van der Waals surface area contributed by atoms with Crippen LogP contribution in [0.5, 0.6) is 0 Å². The summed E-state index contributed by atoms with van der Waals surface area (Å²) in [6, 6.07) is 5.36. The van der Waals surface area contributed by atoms with E-state index in [0.717, 1.165) is 19.3 Å². The third kappa shape index (κ3) is 5.02. The lowest BCUT2D eigenvalue weighted by molar-refractivity contribution is -0.355. The van der Waals surface area contributed by atoms with Crippen LogP contribution in [0.4, 0.5) is 5.69 Å². The first-order valence-corrected chi connectivity index (χ1v) is 14.4. The van der Waals surface area contributed by atoms with Gasteiger partial charge in [0.2, 0.25) is 0 Å². The van der Waals surface area contributed by atoms with Gasteiger partial charge >= 0.3 is 5.97 Å². The number of Topliss-reactive ketones (excluding diaryl/α,β-unsaturated/α-hetero) is 1. The summed E-state index contributed by atoms with van der Waals surface area (Å²) in [6.07, 6.45) is 4.16. The number of nitrogens with one attached hydrogen (secondary N) is 2. The number of aromatic nitrogens is 2. The molecule has 39 heavy (non-hydrogen) atoms. The number of hydrogen-bond acceptors (Lipinski definition) is 7. The van der Waals surface area contributed by atoms with E-state index in [1.54, 1.807) is 25.4 Å². The van der Waals surface area contributed by atoms with Gasteiger partial charge in [-0.15, -0.1) is 0 Å². The fourth-order valence-electron chi connectivity index (χ4n) is 6.34. The molecule has 1 spiro atoms. The Bertz CT molecular complexity index is 1370. The molecule has 0 radical (unpaired) electrons. The predicted octanol–water partition coefficient (Wildman–Crippen LogP) is 6.29. The molecule has 2 aliphatic heterocycles. The van der Waals surface area contributed by atoms with Gasteiger partial charge in [-0.3, -0.25) is 4.79 Å². The zero-order valence-corrected chi connectivity index (χ0v) is 24.5. The van der Waals surface area contributed by atoms with Crippen LogP contribution < -0.4 is 5.32 Å². The van der Waals surface area contributed by atoms with Crippen LogP contribution in [0, 0.1) is 23.7 Å². The van der Waals surface area contributed by atoms with Gasteiger partial charge in [-0.2, -0.15) is 0 Å². The van der Waals surface area contributed by atoms with Gasteiger partial charge in [0.05, 0.1) is 30.0 Å². The zero-order chi connectivity index (χ0) is 28.1. The van der Waals surface area contributed by atoms with Crippen molar-refractivity contribution in [1.29, 1.82) is 0 Å². The fourth-order valence-corrected chi connectivity index (χ4v) is 6.94. The molecular formula is C29H36BrN3O6. The number of fused-ring (bicyclic) bond motifs is 1. The number of carboxylic acid groups (broad SMARTS) is 1. The quantitative estimate of drug-likeness (QED) is 0.269. The fraction of sp³-hybridized carbons (Fsp3) is 0.552. The van der Waals surface area contributed by atoms with Crippen molar-refractivity contribution in [3.63, 3.8) is 0 Å². The average Bonchev–Trinajstić information content (AvgIpc) is 3.56. The molecule has 2 saturated heterocycles. The standard InChI is InChI=1S/C29H36BrN3O6/c1-14-8-9-29(16(3)11-15(2)27(39-29)17(4)26(34)19-7-6-10-32-19)38-20(14)13-22-33-25-21(37-22)12-18(30)24(31-5)23(25)28(35)36/h6-7,10,12,14-17,20,27,31-32H,8-9,11,13H2,1-5H3,(H,35,36)/t14-,15-,16-,17-,20-,27?,29?/m1/s1. The van der Waals surface area contributed by atoms with Crippen LogP contribution in [0.25, 0.3) is 11.1 Å². The number of anilines is 1. The van der Waals surface area contributed by atoms with Gasteiger partial charge in [0.1, 0.15) is 11.1 Å². The number of aromatic carboxylic acids is 1. The third-order valence-corrected chi connectivity index (χ3v) is 9.22. The maximum atomic E-state index is 13.2. The molecule has 2 fully saturated rings. The van der Waals surface area contributed by atoms with E-state index in [2.05, 4.69) is 52.0 Å². The third-order valence-electron chi connectivity index (χ3n) is 8.60.